The highest BCUT2D eigenvalue weighted by Crippen LogP contribution is 2.39. The van der Waals surface area contributed by atoms with Crippen LogP contribution >= 0.6 is 0 Å². The summed E-state index contributed by atoms with van der Waals surface area (Å²) >= 11 is 0. The third-order valence-electron chi connectivity index (χ3n) is 3.91. The molecule has 3 unspecified atom stereocenters. The second-order valence-electron chi connectivity index (χ2n) is 7.52. The Morgan fingerprint density at radius 2 is 2.05 bits per heavy atom. The van der Waals surface area contributed by atoms with Crippen LogP contribution < -0.4 is 5.32 Å². The summed E-state index contributed by atoms with van der Waals surface area (Å²) in [5.41, 5.74) is -0.394. The van der Waals surface area contributed by atoms with Crippen LogP contribution in [0.25, 0.3) is 0 Å². The third-order valence-corrected chi connectivity index (χ3v) is 3.91. The average Bonchev–Trinajstić information content (AvgIpc) is 2.24. The summed E-state index contributed by atoms with van der Waals surface area (Å²) < 4.78 is 5.99. The number of hydrogen-bond donors (Lipinski definition) is 2. The SMILES string of the molecule is CCCNCC(C)(O)COC1CC(C)CC(C)(C)C1. The van der Waals surface area contributed by atoms with E-state index in [0.717, 1.165) is 31.7 Å². The second-order valence-corrected chi connectivity index (χ2v) is 7.52. The van der Waals surface area contributed by atoms with Gasteiger partial charge in [0.25, 0.3) is 0 Å². The van der Waals surface area contributed by atoms with Gasteiger partial charge in [0, 0.05) is 6.54 Å². The topological polar surface area (TPSA) is 41.5 Å². The van der Waals surface area contributed by atoms with E-state index in [1.165, 1.54) is 6.42 Å². The molecule has 3 nitrogen and oxygen atoms in total. The third kappa shape index (κ3) is 6.73. The van der Waals surface area contributed by atoms with Crippen LogP contribution in [0, 0.1) is 11.3 Å². The fourth-order valence-corrected chi connectivity index (χ4v) is 3.27. The molecule has 1 rings (SSSR count). The number of hydrogen-bond acceptors (Lipinski definition) is 3. The molecule has 0 bridgehead atoms. The molecule has 0 radical (unpaired) electrons. The Hall–Kier alpha value is -0.120. The fraction of sp³-hybridized carbons (Fsp3) is 1.00. The van der Waals surface area contributed by atoms with Crippen LogP contribution in [-0.4, -0.2) is 36.5 Å². The molecule has 3 atom stereocenters. The van der Waals surface area contributed by atoms with Gasteiger partial charge in [-0.3, -0.25) is 0 Å². The largest absolute Gasteiger partial charge is 0.386 e. The van der Waals surface area contributed by atoms with Crippen molar-refractivity contribution < 1.29 is 9.84 Å². The summed E-state index contributed by atoms with van der Waals surface area (Å²) in [6.07, 6.45) is 4.90. The van der Waals surface area contributed by atoms with Crippen molar-refractivity contribution in [2.24, 2.45) is 11.3 Å². The van der Waals surface area contributed by atoms with Crippen molar-refractivity contribution in [1.82, 2.24) is 5.32 Å². The molecular formula is C16H33NO2. The van der Waals surface area contributed by atoms with Gasteiger partial charge in [0.05, 0.1) is 18.3 Å². The Labute approximate surface area is 119 Å². The average molecular weight is 271 g/mol. The van der Waals surface area contributed by atoms with E-state index in [9.17, 15) is 5.11 Å². The van der Waals surface area contributed by atoms with Crippen LogP contribution in [-0.2, 0) is 4.74 Å². The minimum atomic E-state index is -0.764. The van der Waals surface area contributed by atoms with E-state index >= 15 is 0 Å². The molecule has 19 heavy (non-hydrogen) atoms. The first-order valence-electron chi connectivity index (χ1n) is 7.79. The molecule has 3 heteroatoms. The Kier molecular flexibility index (Phi) is 6.28. The zero-order valence-electron chi connectivity index (χ0n) is 13.5. The summed E-state index contributed by atoms with van der Waals surface area (Å²) in [6, 6.07) is 0. The number of rotatable bonds is 7. The molecule has 0 aromatic rings. The van der Waals surface area contributed by atoms with Gasteiger partial charge in [0.2, 0.25) is 0 Å². The van der Waals surface area contributed by atoms with E-state index in [4.69, 9.17) is 4.74 Å². The first kappa shape index (κ1) is 16.9. The van der Waals surface area contributed by atoms with Crippen molar-refractivity contribution in [3.63, 3.8) is 0 Å². The van der Waals surface area contributed by atoms with E-state index < -0.39 is 5.60 Å². The van der Waals surface area contributed by atoms with Crippen molar-refractivity contribution in [2.75, 3.05) is 19.7 Å². The van der Waals surface area contributed by atoms with Crippen LogP contribution in [0.4, 0.5) is 0 Å². The van der Waals surface area contributed by atoms with Crippen molar-refractivity contribution in [1.29, 1.82) is 0 Å². The lowest BCUT2D eigenvalue weighted by Crippen LogP contribution is -2.44. The predicted molar refractivity (Wildman–Crippen MR) is 80.3 cm³/mol. The summed E-state index contributed by atoms with van der Waals surface area (Å²) in [7, 11) is 0. The Morgan fingerprint density at radius 1 is 1.37 bits per heavy atom. The maximum atomic E-state index is 10.3. The lowest BCUT2D eigenvalue weighted by atomic mass is 9.71. The van der Waals surface area contributed by atoms with Crippen LogP contribution in [0.3, 0.4) is 0 Å². The monoisotopic (exact) mass is 271 g/mol. The van der Waals surface area contributed by atoms with Crippen molar-refractivity contribution >= 4 is 0 Å². The Bertz CT molecular complexity index is 263. The smallest absolute Gasteiger partial charge is 0.0975 e. The zero-order valence-corrected chi connectivity index (χ0v) is 13.5. The van der Waals surface area contributed by atoms with Crippen LogP contribution in [0.2, 0.25) is 0 Å². The Balaban J connectivity index is 2.34. The van der Waals surface area contributed by atoms with Gasteiger partial charge in [-0.1, -0.05) is 27.7 Å². The van der Waals surface area contributed by atoms with Gasteiger partial charge >= 0.3 is 0 Å². The van der Waals surface area contributed by atoms with E-state index in [1.54, 1.807) is 0 Å². The number of aliphatic hydroxyl groups is 1. The summed E-state index contributed by atoms with van der Waals surface area (Å²) in [4.78, 5) is 0. The maximum Gasteiger partial charge on any atom is 0.0975 e. The van der Waals surface area contributed by atoms with Crippen molar-refractivity contribution in [3.8, 4) is 0 Å². The molecule has 0 amide bonds. The van der Waals surface area contributed by atoms with Gasteiger partial charge in [0.1, 0.15) is 0 Å². The molecule has 1 saturated carbocycles. The standard InChI is InChI=1S/C16H33NO2/c1-6-7-17-11-16(5,18)12-19-14-8-13(2)9-15(3,4)10-14/h13-14,17-18H,6-12H2,1-5H3. The molecule has 1 aliphatic carbocycles. The summed E-state index contributed by atoms with van der Waals surface area (Å²) in [6.45, 7) is 12.9. The van der Waals surface area contributed by atoms with Gasteiger partial charge in [-0.05, 0) is 50.5 Å². The van der Waals surface area contributed by atoms with E-state index in [-0.39, 0.29) is 0 Å². The van der Waals surface area contributed by atoms with Crippen LogP contribution in [0.1, 0.15) is 60.3 Å². The van der Waals surface area contributed by atoms with Gasteiger partial charge in [0.15, 0.2) is 0 Å². The van der Waals surface area contributed by atoms with E-state index in [1.807, 2.05) is 6.92 Å². The molecule has 1 aliphatic rings. The molecule has 0 saturated heterocycles. The highest BCUT2D eigenvalue weighted by Gasteiger charge is 2.33. The van der Waals surface area contributed by atoms with E-state index in [0.29, 0.717) is 24.7 Å². The zero-order chi connectivity index (χ0) is 14.5. The minimum Gasteiger partial charge on any atom is -0.386 e. The van der Waals surface area contributed by atoms with Crippen molar-refractivity contribution in [3.05, 3.63) is 0 Å². The molecule has 0 heterocycles. The van der Waals surface area contributed by atoms with Crippen LogP contribution in [0.15, 0.2) is 0 Å². The molecular weight excluding hydrogens is 238 g/mol. The lowest BCUT2D eigenvalue weighted by Gasteiger charge is -2.39. The quantitative estimate of drug-likeness (QED) is 0.700. The van der Waals surface area contributed by atoms with Gasteiger partial charge < -0.3 is 15.2 Å². The molecule has 1 fully saturated rings. The lowest BCUT2D eigenvalue weighted by molar-refractivity contribution is -0.0897. The molecule has 114 valence electrons. The van der Waals surface area contributed by atoms with Gasteiger partial charge in [-0.2, -0.15) is 0 Å². The first-order chi connectivity index (χ1) is 8.74. The molecule has 0 aliphatic heterocycles. The normalized spacial score (nSPS) is 30.0. The highest BCUT2D eigenvalue weighted by atomic mass is 16.5. The summed E-state index contributed by atoms with van der Waals surface area (Å²) in [5.74, 6) is 0.719. The highest BCUT2D eigenvalue weighted by molar-refractivity contribution is 4.84. The Morgan fingerprint density at radius 3 is 2.63 bits per heavy atom. The number of ether oxygens (including phenoxy) is 1. The van der Waals surface area contributed by atoms with Gasteiger partial charge in [-0.15, -0.1) is 0 Å². The molecule has 0 aromatic carbocycles. The van der Waals surface area contributed by atoms with Crippen LogP contribution in [0.5, 0.6) is 0 Å². The number of nitrogens with one attached hydrogen (secondary N) is 1. The predicted octanol–water partition coefficient (Wildman–Crippen LogP) is 2.97. The minimum absolute atomic E-state index is 0.302. The fourth-order valence-electron chi connectivity index (χ4n) is 3.27. The van der Waals surface area contributed by atoms with Crippen molar-refractivity contribution in [2.45, 2.75) is 72.0 Å². The molecule has 0 spiro atoms. The summed E-state index contributed by atoms with van der Waals surface area (Å²) in [5, 5.41) is 13.5. The van der Waals surface area contributed by atoms with E-state index in [2.05, 4.69) is 33.0 Å². The molecule has 0 aromatic heterocycles. The second kappa shape index (κ2) is 7.05. The first-order valence-corrected chi connectivity index (χ1v) is 7.79. The maximum absolute atomic E-state index is 10.3. The molecule has 2 N–H and O–H groups in total. The van der Waals surface area contributed by atoms with Gasteiger partial charge in [-0.25, -0.2) is 0 Å².